The second kappa shape index (κ2) is 8.23. The number of nitrogens with zero attached hydrogens (tertiary/aromatic N) is 2. The smallest absolute Gasteiger partial charge is 0.243 e. The molecule has 1 aromatic heterocycles. The maximum absolute atomic E-state index is 12.7. The Morgan fingerprint density at radius 3 is 2.45 bits per heavy atom. The van der Waals surface area contributed by atoms with Crippen molar-refractivity contribution in [2.75, 3.05) is 31.6 Å². The fraction of sp³-hybridized carbons (Fsp3) is 0.286. The monoisotopic (exact) mass is 429 g/mol. The number of anilines is 2. The van der Waals surface area contributed by atoms with Crippen molar-refractivity contribution >= 4 is 32.2 Å². The number of hydrogen-bond donors (Lipinski definition) is 1. The Kier molecular flexibility index (Phi) is 5.69. The lowest BCUT2D eigenvalue weighted by molar-refractivity contribution is 0.0730. The van der Waals surface area contributed by atoms with Crippen LogP contribution in [0.4, 0.5) is 10.8 Å². The highest BCUT2D eigenvalue weighted by atomic mass is 32.2. The van der Waals surface area contributed by atoms with E-state index in [9.17, 15) is 8.42 Å². The highest BCUT2D eigenvalue weighted by molar-refractivity contribution is 7.89. The van der Waals surface area contributed by atoms with Crippen molar-refractivity contribution in [3.05, 3.63) is 59.0 Å². The van der Waals surface area contributed by atoms with Crippen LogP contribution in [0.2, 0.25) is 0 Å². The van der Waals surface area contributed by atoms with Crippen LogP contribution in [0, 0.1) is 13.8 Å². The predicted octanol–water partition coefficient (Wildman–Crippen LogP) is 4.19. The number of aryl methyl sites for hydroxylation is 2. The summed E-state index contributed by atoms with van der Waals surface area (Å²) in [5.74, 6) is 0. The molecule has 1 aliphatic rings. The third-order valence-corrected chi connectivity index (χ3v) is 7.69. The first-order chi connectivity index (χ1) is 13.9. The van der Waals surface area contributed by atoms with Crippen molar-refractivity contribution in [1.82, 2.24) is 9.29 Å². The summed E-state index contributed by atoms with van der Waals surface area (Å²) in [6.07, 6.45) is 0. The quantitative estimate of drug-likeness (QED) is 0.658. The Labute approximate surface area is 175 Å². The van der Waals surface area contributed by atoms with Gasteiger partial charge in [0.15, 0.2) is 5.13 Å². The molecule has 0 amide bonds. The highest BCUT2D eigenvalue weighted by Gasteiger charge is 2.26. The van der Waals surface area contributed by atoms with Gasteiger partial charge in [0.25, 0.3) is 0 Å². The Morgan fingerprint density at radius 1 is 1.03 bits per heavy atom. The van der Waals surface area contributed by atoms with Crippen molar-refractivity contribution in [2.24, 2.45) is 0 Å². The van der Waals surface area contributed by atoms with Crippen LogP contribution in [0.5, 0.6) is 0 Å². The molecule has 0 bridgehead atoms. The molecule has 1 N–H and O–H groups in total. The Morgan fingerprint density at radius 2 is 1.76 bits per heavy atom. The number of benzene rings is 2. The molecule has 0 radical (unpaired) electrons. The fourth-order valence-corrected chi connectivity index (χ4v) is 5.29. The minimum Gasteiger partial charge on any atom is -0.379 e. The molecule has 0 aliphatic carbocycles. The van der Waals surface area contributed by atoms with Crippen LogP contribution >= 0.6 is 11.3 Å². The standard InChI is InChI=1S/C21H23N3O3S2/c1-15-3-6-18(13-16(15)2)22-21-23-20(14-28-21)17-4-7-19(8-5-17)29(25,26)24-9-11-27-12-10-24/h3-8,13-14H,9-12H2,1-2H3,(H,22,23). The molecule has 1 fully saturated rings. The van der Waals surface area contributed by atoms with Crippen molar-refractivity contribution in [3.63, 3.8) is 0 Å². The zero-order valence-corrected chi connectivity index (χ0v) is 18.0. The van der Waals surface area contributed by atoms with Gasteiger partial charge in [0.2, 0.25) is 10.0 Å². The van der Waals surface area contributed by atoms with E-state index in [2.05, 4.69) is 36.3 Å². The van der Waals surface area contributed by atoms with Gasteiger partial charge in [0.05, 0.1) is 23.8 Å². The van der Waals surface area contributed by atoms with Crippen LogP contribution < -0.4 is 5.32 Å². The van der Waals surface area contributed by atoms with E-state index < -0.39 is 10.0 Å². The normalized spacial score (nSPS) is 15.4. The third-order valence-electron chi connectivity index (χ3n) is 5.02. The van der Waals surface area contributed by atoms with E-state index in [0.29, 0.717) is 31.2 Å². The Hall–Kier alpha value is -2.26. The van der Waals surface area contributed by atoms with Crippen LogP contribution in [-0.4, -0.2) is 44.0 Å². The van der Waals surface area contributed by atoms with E-state index in [-0.39, 0.29) is 0 Å². The number of thiazole rings is 1. The van der Waals surface area contributed by atoms with Gasteiger partial charge in [-0.2, -0.15) is 4.31 Å². The zero-order chi connectivity index (χ0) is 20.4. The molecule has 8 heteroatoms. The minimum absolute atomic E-state index is 0.298. The number of nitrogens with one attached hydrogen (secondary N) is 1. The first-order valence-electron chi connectivity index (χ1n) is 9.41. The van der Waals surface area contributed by atoms with Crippen LogP contribution in [-0.2, 0) is 14.8 Å². The summed E-state index contributed by atoms with van der Waals surface area (Å²) >= 11 is 1.52. The molecule has 29 heavy (non-hydrogen) atoms. The van der Waals surface area contributed by atoms with Gasteiger partial charge in [-0.15, -0.1) is 11.3 Å². The lowest BCUT2D eigenvalue weighted by atomic mass is 10.1. The van der Waals surface area contributed by atoms with E-state index in [1.165, 1.54) is 26.8 Å². The lowest BCUT2D eigenvalue weighted by Gasteiger charge is -2.26. The maximum atomic E-state index is 12.7. The van der Waals surface area contributed by atoms with Crippen LogP contribution in [0.3, 0.4) is 0 Å². The van der Waals surface area contributed by atoms with Gasteiger partial charge in [0, 0.05) is 29.7 Å². The first-order valence-corrected chi connectivity index (χ1v) is 11.7. The molecule has 0 saturated carbocycles. The number of rotatable bonds is 5. The average Bonchev–Trinajstić information content (AvgIpc) is 3.20. The number of hydrogen-bond acceptors (Lipinski definition) is 6. The molecule has 1 saturated heterocycles. The molecule has 152 valence electrons. The summed E-state index contributed by atoms with van der Waals surface area (Å²) in [4.78, 5) is 4.94. The number of ether oxygens (including phenoxy) is 1. The van der Waals surface area contributed by atoms with Gasteiger partial charge in [-0.1, -0.05) is 18.2 Å². The second-order valence-corrected chi connectivity index (χ2v) is 9.80. The average molecular weight is 430 g/mol. The maximum Gasteiger partial charge on any atom is 0.243 e. The highest BCUT2D eigenvalue weighted by Crippen LogP contribution is 2.29. The molecule has 2 heterocycles. The fourth-order valence-electron chi connectivity index (χ4n) is 3.14. The molecular formula is C21H23N3O3S2. The lowest BCUT2D eigenvalue weighted by Crippen LogP contribution is -2.40. The van der Waals surface area contributed by atoms with Gasteiger partial charge in [-0.25, -0.2) is 13.4 Å². The van der Waals surface area contributed by atoms with Gasteiger partial charge in [0.1, 0.15) is 0 Å². The second-order valence-electron chi connectivity index (χ2n) is 7.00. The Balaban J connectivity index is 1.50. The van der Waals surface area contributed by atoms with E-state index in [4.69, 9.17) is 4.74 Å². The zero-order valence-electron chi connectivity index (χ0n) is 16.4. The first kappa shape index (κ1) is 20.0. The summed E-state index contributed by atoms with van der Waals surface area (Å²) in [5, 5.41) is 6.10. The van der Waals surface area contributed by atoms with Crippen LogP contribution in [0.1, 0.15) is 11.1 Å². The molecule has 1 aliphatic heterocycles. The molecule has 0 unspecified atom stereocenters. The summed E-state index contributed by atoms with van der Waals surface area (Å²) in [6, 6.07) is 13.1. The van der Waals surface area contributed by atoms with E-state index in [1.54, 1.807) is 12.1 Å². The molecule has 2 aromatic carbocycles. The van der Waals surface area contributed by atoms with Gasteiger partial charge >= 0.3 is 0 Å². The molecular weight excluding hydrogens is 406 g/mol. The van der Waals surface area contributed by atoms with Crippen molar-refractivity contribution in [3.8, 4) is 11.3 Å². The van der Waals surface area contributed by atoms with Crippen molar-refractivity contribution < 1.29 is 13.2 Å². The van der Waals surface area contributed by atoms with Crippen molar-refractivity contribution in [1.29, 1.82) is 0 Å². The van der Waals surface area contributed by atoms with Crippen molar-refractivity contribution in [2.45, 2.75) is 18.7 Å². The van der Waals surface area contributed by atoms with Gasteiger partial charge < -0.3 is 10.1 Å². The SMILES string of the molecule is Cc1ccc(Nc2nc(-c3ccc(S(=O)(=O)N4CCOCC4)cc3)cs2)cc1C. The van der Waals surface area contributed by atoms with Crippen LogP contribution in [0.15, 0.2) is 52.7 Å². The third kappa shape index (κ3) is 4.35. The van der Waals surface area contributed by atoms with E-state index >= 15 is 0 Å². The molecule has 4 rings (SSSR count). The summed E-state index contributed by atoms with van der Waals surface area (Å²) in [5.41, 5.74) is 5.18. The molecule has 0 atom stereocenters. The largest absolute Gasteiger partial charge is 0.379 e. The topological polar surface area (TPSA) is 71.5 Å². The van der Waals surface area contributed by atoms with Crippen LogP contribution in [0.25, 0.3) is 11.3 Å². The van der Waals surface area contributed by atoms with E-state index in [0.717, 1.165) is 22.1 Å². The summed E-state index contributed by atoms with van der Waals surface area (Å²) < 4.78 is 32.2. The molecule has 6 nitrogen and oxygen atoms in total. The van der Waals surface area contributed by atoms with E-state index in [1.807, 2.05) is 23.6 Å². The predicted molar refractivity (Wildman–Crippen MR) is 116 cm³/mol. The Bertz CT molecular complexity index is 1100. The van der Waals surface area contributed by atoms with Gasteiger partial charge in [-0.05, 0) is 49.2 Å². The molecule has 0 spiro atoms. The molecule has 3 aromatic rings. The van der Waals surface area contributed by atoms with Gasteiger partial charge in [-0.3, -0.25) is 0 Å². The summed E-state index contributed by atoms with van der Waals surface area (Å²) in [6.45, 7) is 5.83. The number of morpholine rings is 1. The summed E-state index contributed by atoms with van der Waals surface area (Å²) in [7, 11) is -3.48. The minimum atomic E-state index is -3.48. The number of sulfonamides is 1. The number of aromatic nitrogens is 1.